The summed E-state index contributed by atoms with van der Waals surface area (Å²) in [4.78, 5) is 20.1. The Morgan fingerprint density at radius 2 is 2.04 bits per heavy atom. The van der Waals surface area contributed by atoms with Crippen LogP contribution in [-0.4, -0.2) is 28.9 Å². The first-order chi connectivity index (χ1) is 11.5. The van der Waals surface area contributed by atoms with Crippen LogP contribution in [0, 0.1) is 6.92 Å². The van der Waals surface area contributed by atoms with Gasteiger partial charge < -0.3 is 4.90 Å². The van der Waals surface area contributed by atoms with Gasteiger partial charge in [0.1, 0.15) is 0 Å². The van der Waals surface area contributed by atoms with E-state index in [4.69, 9.17) is 4.98 Å². The zero-order valence-electron chi connectivity index (χ0n) is 15.0. The zero-order valence-corrected chi connectivity index (χ0v) is 15.0. The molecule has 0 saturated heterocycles. The van der Waals surface area contributed by atoms with Crippen molar-refractivity contribution in [3.63, 3.8) is 0 Å². The van der Waals surface area contributed by atoms with E-state index in [0.29, 0.717) is 13.1 Å². The van der Waals surface area contributed by atoms with E-state index in [9.17, 15) is 4.79 Å². The van der Waals surface area contributed by atoms with Crippen molar-refractivity contribution in [1.29, 1.82) is 0 Å². The summed E-state index contributed by atoms with van der Waals surface area (Å²) in [5, 5.41) is 1.00. The molecule has 2 aromatic rings. The number of hydrogen-bond acceptors (Lipinski definition) is 2. The van der Waals surface area contributed by atoms with Crippen LogP contribution in [0.15, 0.2) is 30.4 Å². The molecule has 126 valence electrons. The second-order valence-electron chi connectivity index (χ2n) is 6.92. The summed E-state index contributed by atoms with van der Waals surface area (Å²) < 4.78 is 0. The maximum absolute atomic E-state index is 13.4. The summed E-state index contributed by atoms with van der Waals surface area (Å²) in [6, 6.07) is 6.23. The highest BCUT2D eigenvalue weighted by atomic mass is 16.2. The lowest BCUT2D eigenvalue weighted by atomic mass is 9.89. The quantitative estimate of drug-likeness (QED) is 0.779. The molecular formula is C21H26N2O. The van der Waals surface area contributed by atoms with E-state index in [1.54, 1.807) is 0 Å². The van der Waals surface area contributed by atoms with E-state index in [1.807, 2.05) is 24.8 Å². The second kappa shape index (κ2) is 6.76. The molecule has 0 radical (unpaired) electrons. The van der Waals surface area contributed by atoms with E-state index in [2.05, 4.69) is 25.6 Å². The normalized spacial score (nSPS) is 13.6. The van der Waals surface area contributed by atoms with E-state index in [1.165, 1.54) is 5.56 Å². The average molecular weight is 322 g/mol. The van der Waals surface area contributed by atoms with E-state index in [0.717, 1.165) is 59.0 Å². The molecule has 0 unspecified atom stereocenters. The van der Waals surface area contributed by atoms with E-state index < -0.39 is 0 Å². The van der Waals surface area contributed by atoms with Crippen molar-refractivity contribution < 1.29 is 4.79 Å². The third-order valence-electron chi connectivity index (χ3n) is 4.76. The second-order valence-corrected chi connectivity index (χ2v) is 6.92. The Bertz CT molecular complexity index is 807. The first kappa shape index (κ1) is 16.7. The number of likely N-dealkylation sites (N-methyl/N-ethyl adjacent to an activating group) is 1. The minimum atomic E-state index is 0.122. The van der Waals surface area contributed by atoms with Crippen LogP contribution < -0.4 is 0 Å². The highest BCUT2D eigenvalue weighted by molar-refractivity contribution is 6.08. The van der Waals surface area contributed by atoms with Gasteiger partial charge in [-0.3, -0.25) is 9.78 Å². The summed E-state index contributed by atoms with van der Waals surface area (Å²) in [7, 11) is 0. The number of carbonyl (C=O) groups is 1. The lowest BCUT2D eigenvalue weighted by Crippen LogP contribution is -2.33. The van der Waals surface area contributed by atoms with Gasteiger partial charge in [0.25, 0.3) is 5.91 Å². The maximum Gasteiger partial charge on any atom is 0.255 e. The molecule has 0 N–H and O–H groups in total. The van der Waals surface area contributed by atoms with Crippen molar-refractivity contribution in [2.75, 3.05) is 13.1 Å². The Morgan fingerprint density at radius 3 is 2.75 bits per heavy atom. The minimum absolute atomic E-state index is 0.122. The molecule has 0 aliphatic heterocycles. The fourth-order valence-corrected chi connectivity index (χ4v) is 3.59. The van der Waals surface area contributed by atoms with E-state index >= 15 is 0 Å². The molecule has 0 saturated carbocycles. The molecule has 1 aromatic heterocycles. The van der Waals surface area contributed by atoms with Gasteiger partial charge in [0.05, 0.1) is 11.1 Å². The van der Waals surface area contributed by atoms with Crippen LogP contribution in [0.25, 0.3) is 10.9 Å². The summed E-state index contributed by atoms with van der Waals surface area (Å²) in [6.45, 7) is 11.3. The highest BCUT2D eigenvalue weighted by Crippen LogP contribution is 2.31. The molecule has 3 rings (SSSR count). The van der Waals surface area contributed by atoms with Crippen LogP contribution in [0.2, 0.25) is 0 Å². The van der Waals surface area contributed by atoms with Gasteiger partial charge in [0.15, 0.2) is 0 Å². The Kier molecular flexibility index (Phi) is 4.70. The van der Waals surface area contributed by atoms with Gasteiger partial charge in [-0.05, 0) is 64.2 Å². The number of carbonyl (C=O) groups excluding carboxylic acids is 1. The van der Waals surface area contributed by atoms with Gasteiger partial charge in [0, 0.05) is 24.2 Å². The smallest absolute Gasteiger partial charge is 0.255 e. The number of pyridine rings is 1. The summed E-state index contributed by atoms with van der Waals surface area (Å²) >= 11 is 0. The minimum Gasteiger partial charge on any atom is -0.335 e. The molecule has 0 atom stereocenters. The third kappa shape index (κ3) is 3.08. The first-order valence-corrected chi connectivity index (χ1v) is 8.87. The number of benzene rings is 1. The summed E-state index contributed by atoms with van der Waals surface area (Å²) in [6.07, 6.45) is 4.23. The van der Waals surface area contributed by atoms with Gasteiger partial charge in [-0.15, -0.1) is 0 Å². The Labute approximate surface area is 144 Å². The van der Waals surface area contributed by atoms with E-state index in [-0.39, 0.29) is 5.91 Å². The number of fused-ring (bicyclic) bond motifs is 2. The molecule has 24 heavy (non-hydrogen) atoms. The Hall–Kier alpha value is -2.16. The predicted octanol–water partition coefficient (Wildman–Crippen LogP) is 4.46. The first-order valence-electron chi connectivity index (χ1n) is 8.87. The number of nitrogens with zero attached hydrogens (tertiary/aromatic N) is 2. The molecule has 3 nitrogen and oxygen atoms in total. The molecule has 3 heteroatoms. The largest absolute Gasteiger partial charge is 0.335 e. The van der Waals surface area contributed by atoms with Crippen molar-refractivity contribution in [3.05, 3.63) is 52.7 Å². The van der Waals surface area contributed by atoms with Crippen molar-refractivity contribution in [2.24, 2.45) is 0 Å². The van der Waals surface area contributed by atoms with Gasteiger partial charge in [0.2, 0.25) is 0 Å². The number of aromatic nitrogens is 1. The van der Waals surface area contributed by atoms with Gasteiger partial charge in [-0.25, -0.2) is 0 Å². The lowest BCUT2D eigenvalue weighted by Gasteiger charge is -2.26. The molecule has 1 heterocycles. The zero-order chi connectivity index (χ0) is 17.3. The van der Waals surface area contributed by atoms with Crippen molar-refractivity contribution in [3.8, 4) is 0 Å². The molecule has 1 amide bonds. The fraction of sp³-hybridized carbons (Fsp3) is 0.429. The van der Waals surface area contributed by atoms with Crippen LogP contribution in [0.1, 0.15) is 53.9 Å². The standard InChI is InChI=1S/C21H26N2O/c1-5-23(13-14(2)3)21(24)20-16-8-6-7-9-18(16)22-19-11-10-15(4)12-17(19)20/h10-12H,2,5-9,13H2,1,3-4H3. The lowest BCUT2D eigenvalue weighted by molar-refractivity contribution is 0.0779. The van der Waals surface area contributed by atoms with Crippen molar-refractivity contribution in [1.82, 2.24) is 9.88 Å². The molecule has 0 fully saturated rings. The molecule has 1 aliphatic carbocycles. The number of hydrogen-bond donors (Lipinski definition) is 0. The maximum atomic E-state index is 13.4. The van der Waals surface area contributed by atoms with Crippen LogP contribution in [0.3, 0.4) is 0 Å². The molecule has 1 aromatic carbocycles. The number of amides is 1. The molecular weight excluding hydrogens is 296 g/mol. The summed E-state index contributed by atoms with van der Waals surface area (Å²) in [5.41, 5.74) is 6.28. The molecule has 1 aliphatic rings. The van der Waals surface area contributed by atoms with Crippen molar-refractivity contribution >= 4 is 16.8 Å². The molecule has 0 bridgehead atoms. The van der Waals surface area contributed by atoms with Gasteiger partial charge in [-0.2, -0.15) is 0 Å². The summed E-state index contributed by atoms with van der Waals surface area (Å²) in [5.74, 6) is 0.122. The average Bonchev–Trinajstić information content (AvgIpc) is 2.57. The van der Waals surface area contributed by atoms with Crippen LogP contribution in [0.4, 0.5) is 0 Å². The highest BCUT2D eigenvalue weighted by Gasteiger charge is 2.25. The van der Waals surface area contributed by atoms with Crippen LogP contribution >= 0.6 is 0 Å². The van der Waals surface area contributed by atoms with Crippen LogP contribution in [-0.2, 0) is 12.8 Å². The number of aryl methyl sites for hydroxylation is 2. The third-order valence-corrected chi connectivity index (χ3v) is 4.76. The SMILES string of the molecule is C=C(C)CN(CC)C(=O)c1c2c(nc3ccc(C)cc13)CCCC2. The Morgan fingerprint density at radius 1 is 1.29 bits per heavy atom. The topological polar surface area (TPSA) is 33.2 Å². The molecule has 0 spiro atoms. The predicted molar refractivity (Wildman–Crippen MR) is 99.5 cm³/mol. The van der Waals surface area contributed by atoms with Crippen LogP contribution in [0.5, 0.6) is 0 Å². The monoisotopic (exact) mass is 322 g/mol. The number of rotatable bonds is 4. The van der Waals surface area contributed by atoms with Crippen molar-refractivity contribution in [2.45, 2.75) is 46.5 Å². The van der Waals surface area contributed by atoms with Gasteiger partial charge in [-0.1, -0.05) is 23.8 Å². The fourth-order valence-electron chi connectivity index (χ4n) is 3.59. The Balaban J connectivity index is 2.21. The van der Waals surface area contributed by atoms with Gasteiger partial charge >= 0.3 is 0 Å².